The standard InChI is InChI=1S/C14H21ClN2O/c1-5-9-17(4)13(18)16-14(2,3)11-7-6-8-12(15)10-11/h6-8,10H,5,9H2,1-4H3,(H,16,18). The molecule has 1 aromatic carbocycles. The zero-order chi connectivity index (χ0) is 13.8. The van der Waals surface area contributed by atoms with Gasteiger partial charge >= 0.3 is 6.03 Å². The van der Waals surface area contributed by atoms with Crippen LogP contribution in [-0.4, -0.2) is 24.5 Å². The fraction of sp³-hybridized carbons (Fsp3) is 0.500. The summed E-state index contributed by atoms with van der Waals surface area (Å²) in [5.74, 6) is 0. The molecule has 1 N–H and O–H groups in total. The van der Waals surface area contributed by atoms with Crippen molar-refractivity contribution in [2.75, 3.05) is 13.6 Å². The van der Waals surface area contributed by atoms with Gasteiger partial charge < -0.3 is 10.2 Å². The number of halogens is 1. The van der Waals surface area contributed by atoms with Crippen molar-refractivity contribution in [3.8, 4) is 0 Å². The average Bonchev–Trinajstić information content (AvgIpc) is 2.28. The monoisotopic (exact) mass is 268 g/mol. The number of nitrogens with one attached hydrogen (secondary N) is 1. The van der Waals surface area contributed by atoms with Gasteiger partial charge in [0.15, 0.2) is 0 Å². The van der Waals surface area contributed by atoms with Crippen LogP contribution in [0.2, 0.25) is 5.02 Å². The summed E-state index contributed by atoms with van der Waals surface area (Å²) in [6.07, 6.45) is 0.946. The summed E-state index contributed by atoms with van der Waals surface area (Å²) in [7, 11) is 1.80. The van der Waals surface area contributed by atoms with Crippen LogP contribution in [0.4, 0.5) is 4.79 Å². The van der Waals surface area contributed by atoms with Gasteiger partial charge in [-0.3, -0.25) is 0 Å². The van der Waals surface area contributed by atoms with E-state index >= 15 is 0 Å². The van der Waals surface area contributed by atoms with Crippen molar-refractivity contribution in [3.05, 3.63) is 34.9 Å². The third kappa shape index (κ3) is 3.91. The summed E-state index contributed by atoms with van der Waals surface area (Å²) in [5.41, 5.74) is 0.553. The van der Waals surface area contributed by atoms with Gasteiger partial charge in [0.05, 0.1) is 5.54 Å². The fourth-order valence-corrected chi connectivity index (χ4v) is 1.94. The van der Waals surface area contributed by atoms with Crippen LogP contribution in [0.3, 0.4) is 0 Å². The topological polar surface area (TPSA) is 32.3 Å². The van der Waals surface area contributed by atoms with Gasteiger partial charge in [-0.15, -0.1) is 0 Å². The first-order valence-electron chi connectivity index (χ1n) is 6.16. The van der Waals surface area contributed by atoms with Crippen LogP contribution in [0.15, 0.2) is 24.3 Å². The Morgan fingerprint density at radius 1 is 1.44 bits per heavy atom. The lowest BCUT2D eigenvalue weighted by Gasteiger charge is -2.30. The Morgan fingerprint density at radius 2 is 2.11 bits per heavy atom. The number of nitrogens with zero attached hydrogens (tertiary/aromatic N) is 1. The molecule has 0 aromatic heterocycles. The molecule has 100 valence electrons. The van der Waals surface area contributed by atoms with Crippen molar-refractivity contribution in [2.24, 2.45) is 0 Å². The van der Waals surface area contributed by atoms with Gasteiger partial charge in [0.1, 0.15) is 0 Å². The minimum atomic E-state index is -0.440. The predicted octanol–water partition coefficient (Wildman–Crippen LogP) is 3.63. The summed E-state index contributed by atoms with van der Waals surface area (Å²) in [4.78, 5) is 13.7. The van der Waals surface area contributed by atoms with E-state index in [4.69, 9.17) is 11.6 Å². The second-order valence-electron chi connectivity index (χ2n) is 4.99. The average molecular weight is 269 g/mol. The van der Waals surface area contributed by atoms with Crippen LogP contribution >= 0.6 is 11.6 Å². The van der Waals surface area contributed by atoms with Crippen LogP contribution in [-0.2, 0) is 5.54 Å². The normalized spacial score (nSPS) is 11.2. The third-order valence-electron chi connectivity index (χ3n) is 2.87. The molecule has 0 aliphatic heterocycles. The van der Waals surface area contributed by atoms with Crippen molar-refractivity contribution in [1.82, 2.24) is 10.2 Å². The molecule has 0 spiro atoms. The Balaban J connectivity index is 2.78. The van der Waals surface area contributed by atoms with Crippen LogP contribution in [0.5, 0.6) is 0 Å². The summed E-state index contributed by atoms with van der Waals surface area (Å²) >= 11 is 5.98. The van der Waals surface area contributed by atoms with Gasteiger partial charge in [-0.2, -0.15) is 0 Å². The molecule has 0 aliphatic carbocycles. The van der Waals surface area contributed by atoms with E-state index in [0.29, 0.717) is 5.02 Å². The summed E-state index contributed by atoms with van der Waals surface area (Å²) in [5, 5.41) is 3.69. The number of rotatable bonds is 4. The minimum absolute atomic E-state index is 0.0678. The van der Waals surface area contributed by atoms with Gasteiger partial charge in [-0.05, 0) is 38.0 Å². The van der Waals surface area contributed by atoms with E-state index in [1.165, 1.54) is 0 Å². The Morgan fingerprint density at radius 3 is 2.67 bits per heavy atom. The highest BCUT2D eigenvalue weighted by Gasteiger charge is 2.24. The largest absolute Gasteiger partial charge is 0.329 e. The number of amides is 2. The Kier molecular flexibility index (Phi) is 5.03. The number of carbonyl (C=O) groups excluding carboxylic acids is 1. The zero-order valence-corrected chi connectivity index (χ0v) is 12.2. The molecular formula is C14H21ClN2O. The quantitative estimate of drug-likeness (QED) is 0.889. The molecule has 0 saturated carbocycles. The molecule has 1 aromatic rings. The highest BCUT2D eigenvalue weighted by atomic mass is 35.5. The number of hydrogen-bond donors (Lipinski definition) is 1. The van der Waals surface area contributed by atoms with E-state index < -0.39 is 5.54 Å². The van der Waals surface area contributed by atoms with Gasteiger partial charge in [-0.1, -0.05) is 30.7 Å². The molecule has 0 aliphatic rings. The van der Waals surface area contributed by atoms with Crippen molar-refractivity contribution < 1.29 is 4.79 Å². The highest BCUT2D eigenvalue weighted by molar-refractivity contribution is 6.30. The molecule has 1 rings (SSSR count). The molecule has 18 heavy (non-hydrogen) atoms. The van der Waals surface area contributed by atoms with E-state index in [9.17, 15) is 4.79 Å². The SMILES string of the molecule is CCCN(C)C(=O)NC(C)(C)c1cccc(Cl)c1. The molecule has 2 amide bonds. The highest BCUT2D eigenvalue weighted by Crippen LogP contribution is 2.23. The Bertz CT molecular complexity index is 418. The number of benzene rings is 1. The first-order valence-corrected chi connectivity index (χ1v) is 6.54. The maximum atomic E-state index is 12.0. The summed E-state index contributed by atoms with van der Waals surface area (Å²) in [6.45, 7) is 6.73. The first kappa shape index (κ1) is 14.8. The van der Waals surface area contributed by atoms with E-state index in [1.807, 2.05) is 45.0 Å². The van der Waals surface area contributed by atoms with Crippen molar-refractivity contribution >= 4 is 17.6 Å². The van der Waals surface area contributed by atoms with Crippen LogP contribution in [0.25, 0.3) is 0 Å². The van der Waals surface area contributed by atoms with E-state index in [0.717, 1.165) is 18.5 Å². The van der Waals surface area contributed by atoms with Crippen LogP contribution < -0.4 is 5.32 Å². The van der Waals surface area contributed by atoms with Gasteiger partial charge in [0, 0.05) is 18.6 Å². The lowest BCUT2D eigenvalue weighted by molar-refractivity contribution is 0.197. The molecule has 0 fully saturated rings. The molecule has 4 heteroatoms. The maximum absolute atomic E-state index is 12.0. The molecular weight excluding hydrogens is 248 g/mol. The number of urea groups is 1. The molecule has 0 heterocycles. The summed E-state index contributed by atoms with van der Waals surface area (Å²) < 4.78 is 0. The first-order chi connectivity index (χ1) is 8.36. The van der Waals surface area contributed by atoms with E-state index in [1.54, 1.807) is 11.9 Å². The third-order valence-corrected chi connectivity index (χ3v) is 3.11. The van der Waals surface area contributed by atoms with Gasteiger partial charge in [-0.25, -0.2) is 4.79 Å². The van der Waals surface area contributed by atoms with E-state index in [2.05, 4.69) is 5.32 Å². The maximum Gasteiger partial charge on any atom is 0.317 e. The fourth-order valence-electron chi connectivity index (χ4n) is 1.75. The Labute approximate surface area is 114 Å². The number of carbonyl (C=O) groups is 1. The predicted molar refractivity (Wildman–Crippen MR) is 75.9 cm³/mol. The van der Waals surface area contributed by atoms with Crippen LogP contribution in [0.1, 0.15) is 32.8 Å². The summed E-state index contributed by atoms with van der Waals surface area (Å²) in [6, 6.07) is 7.49. The second kappa shape index (κ2) is 6.10. The Hall–Kier alpha value is -1.22. The minimum Gasteiger partial charge on any atom is -0.329 e. The number of hydrogen-bond acceptors (Lipinski definition) is 1. The zero-order valence-electron chi connectivity index (χ0n) is 11.5. The van der Waals surface area contributed by atoms with Gasteiger partial charge in [0.25, 0.3) is 0 Å². The molecule has 0 bridgehead atoms. The smallest absolute Gasteiger partial charge is 0.317 e. The van der Waals surface area contributed by atoms with Crippen molar-refractivity contribution in [2.45, 2.75) is 32.7 Å². The van der Waals surface area contributed by atoms with Gasteiger partial charge in [0.2, 0.25) is 0 Å². The second-order valence-corrected chi connectivity index (χ2v) is 5.42. The molecule has 0 unspecified atom stereocenters. The van der Waals surface area contributed by atoms with Crippen LogP contribution in [0, 0.1) is 0 Å². The van der Waals surface area contributed by atoms with Crippen molar-refractivity contribution in [3.63, 3.8) is 0 Å². The molecule has 0 atom stereocenters. The van der Waals surface area contributed by atoms with Crippen molar-refractivity contribution in [1.29, 1.82) is 0 Å². The molecule has 3 nitrogen and oxygen atoms in total. The molecule has 0 radical (unpaired) electrons. The lowest BCUT2D eigenvalue weighted by atomic mass is 9.94. The molecule has 0 saturated heterocycles. The van der Waals surface area contributed by atoms with E-state index in [-0.39, 0.29) is 6.03 Å². The lowest BCUT2D eigenvalue weighted by Crippen LogP contribution is -2.47.